The largest absolute Gasteiger partial charge is 0.430 e. The lowest BCUT2D eigenvalue weighted by atomic mass is 9.87. The summed E-state index contributed by atoms with van der Waals surface area (Å²) in [5.74, 6) is -0.560. The molecule has 1 aliphatic carbocycles. The van der Waals surface area contributed by atoms with Gasteiger partial charge in [-0.15, -0.1) is 0 Å². The predicted octanol–water partition coefficient (Wildman–Crippen LogP) is 4.63. The fourth-order valence-corrected chi connectivity index (χ4v) is 7.25. The van der Waals surface area contributed by atoms with Gasteiger partial charge in [-0.3, -0.25) is 9.10 Å². The quantitative estimate of drug-likeness (QED) is 0.415. The minimum atomic E-state index is -6.11. The number of nitrogens with zero attached hydrogens (tertiary/aromatic N) is 1. The highest BCUT2D eigenvalue weighted by atomic mass is 32.2. The van der Waals surface area contributed by atoms with E-state index in [2.05, 4.69) is 5.32 Å². The molecule has 0 bridgehead atoms. The minimum Gasteiger partial charge on any atom is -0.388 e. The molecule has 3 N–H and O–H groups in total. The highest BCUT2D eigenvalue weighted by Gasteiger charge is 2.71. The Balaban J connectivity index is 1.77. The van der Waals surface area contributed by atoms with Crippen molar-refractivity contribution in [3.63, 3.8) is 0 Å². The summed E-state index contributed by atoms with van der Waals surface area (Å²) in [6.45, 7) is 3.30. The molecule has 1 amide bonds. The number of fused-ring (bicyclic) bond motifs is 1. The molecule has 41 heavy (non-hydrogen) atoms. The zero-order valence-electron chi connectivity index (χ0n) is 22.2. The lowest BCUT2D eigenvalue weighted by molar-refractivity contribution is -0.376. The van der Waals surface area contributed by atoms with Crippen molar-refractivity contribution in [1.82, 2.24) is 5.32 Å². The molecule has 226 valence electrons. The summed E-state index contributed by atoms with van der Waals surface area (Å²) in [4.78, 5) is 12.8. The molecule has 3 atom stereocenters. The number of hydrogen-bond donors (Lipinski definition) is 3. The molecule has 0 radical (unpaired) electrons. The Morgan fingerprint density at radius 2 is 1.66 bits per heavy atom. The van der Waals surface area contributed by atoms with Crippen LogP contribution >= 0.6 is 0 Å². The first-order chi connectivity index (χ1) is 18.8. The van der Waals surface area contributed by atoms with E-state index in [1.165, 1.54) is 24.3 Å². The number of hydrogen-bond acceptors (Lipinski definition) is 5. The molecule has 7 nitrogen and oxygen atoms in total. The summed E-state index contributed by atoms with van der Waals surface area (Å²) in [7, 11) is -4.45. The van der Waals surface area contributed by atoms with Crippen LogP contribution in [-0.4, -0.2) is 54.6 Å². The second-order valence-electron chi connectivity index (χ2n) is 10.9. The maximum Gasteiger partial charge on any atom is 0.430 e. The SMILES string of the molecule is Cc1ccc(S(=O)(=O)N2c3ccc(C(O)(C(F)(F)F)C(F)(F)F)cc3CC[C@H]2CC(=O)N[C@@H]2CCC[C@@]2(C)O)cc1. The number of nitrogens with one attached hydrogen (secondary N) is 1. The lowest BCUT2D eigenvalue weighted by Crippen LogP contribution is -2.54. The van der Waals surface area contributed by atoms with Crippen LogP contribution in [-0.2, 0) is 26.8 Å². The first kappa shape index (κ1) is 31.1. The summed E-state index contributed by atoms with van der Waals surface area (Å²) < 4.78 is 110. The number of aliphatic hydroxyl groups is 2. The number of carbonyl (C=O) groups excluding carboxylic acids is 1. The smallest absolute Gasteiger partial charge is 0.388 e. The average Bonchev–Trinajstić information content (AvgIpc) is 3.18. The third-order valence-electron chi connectivity index (χ3n) is 7.89. The lowest BCUT2D eigenvalue weighted by Gasteiger charge is -2.39. The number of rotatable bonds is 6. The van der Waals surface area contributed by atoms with E-state index in [0.29, 0.717) is 31.4 Å². The van der Waals surface area contributed by atoms with Crippen molar-refractivity contribution in [3.8, 4) is 0 Å². The minimum absolute atomic E-state index is 0.105. The van der Waals surface area contributed by atoms with Crippen molar-refractivity contribution >= 4 is 21.6 Å². The summed E-state index contributed by atoms with van der Waals surface area (Å²) in [6.07, 6.45) is -11.2. The van der Waals surface area contributed by atoms with E-state index >= 15 is 0 Å². The molecular formula is C27H30F6N2O5S. The third kappa shape index (κ3) is 5.65. The molecule has 1 saturated carbocycles. The van der Waals surface area contributed by atoms with E-state index in [-0.39, 0.29) is 35.4 Å². The number of anilines is 1. The number of amides is 1. The van der Waals surface area contributed by atoms with Crippen LogP contribution in [0.4, 0.5) is 32.0 Å². The van der Waals surface area contributed by atoms with Crippen LogP contribution in [0.3, 0.4) is 0 Å². The fraction of sp³-hybridized carbons (Fsp3) is 0.519. The van der Waals surface area contributed by atoms with Crippen LogP contribution in [0.1, 0.15) is 55.7 Å². The Labute approximate surface area is 233 Å². The molecular weight excluding hydrogens is 578 g/mol. The molecule has 4 rings (SSSR count). The average molecular weight is 609 g/mol. The molecule has 0 spiro atoms. The third-order valence-corrected chi connectivity index (χ3v) is 9.77. The second kappa shape index (κ2) is 10.5. The van der Waals surface area contributed by atoms with Gasteiger partial charge in [0.05, 0.1) is 28.3 Å². The van der Waals surface area contributed by atoms with Crippen LogP contribution in [0, 0.1) is 6.92 Å². The maximum atomic E-state index is 13.8. The Kier molecular flexibility index (Phi) is 7.93. The highest BCUT2D eigenvalue weighted by Crippen LogP contribution is 2.51. The van der Waals surface area contributed by atoms with E-state index in [1.54, 1.807) is 13.8 Å². The van der Waals surface area contributed by atoms with Gasteiger partial charge in [-0.1, -0.05) is 29.8 Å². The van der Waals surface area contributed by atoms with Gasteiger partial charge < -0.3 is 15.5 Å². The first-order valence-electron chi connectivity index (χ1n) is 12.9. The summed E-state index contributed by atoms with van der Waals surface area (Å²) in [5.41, 5.74) is -7.44. The van der Waals surface area contributed by atoms with Crippen LogP contribution in [0.5, 0.6) is 0 Å². The fourth-order valence-electron chi connectivity index (χ4n) is 5.53. The van der Waals surface area contributed by atoms with Gasteiger partial charge in [0.2, 0.25) is 5.91 Å². The molecule has 1 heterocycles. The van der Waals surface area contributed by atoms with Gasteiger partial charge in [-0.2, -0.15) is 26.3 Å². The van der Waals surface area contributed by atoms with Gasteiger partial charge >= 0.3 is 12.4 Å². The van der Waals surface area contributed by atoms with Crippen molar-refractivity contribution in [2.45, 2.75) is 92.9 Å². The Bertz CT molecular complexity index is 1390. The number of alkyl halides is 6. The molecule has 0 unspecified atom stereocenters. The van der Waals surface area contributed by atoms with E-state index in [1.807, 2.05) is 0 Å². The molecule has 2 aromatic carbocycles. The van der Waals surface area contributed by atoms with Crippen molar-refractivity contribution in [1.29, 1.82) is 0 Å². The topological polar surface area (TPSA) is 107 Å². The number of halogens is 6. The first-order valence-corrected chi connectivity index (χ1v) is 14.3. The molecule has 2 aliphatic rings. The van der Waals surface area contributed by atoms with Gasteiger partial charge in [0.25, 0.3) is 15.6 Å². The van der Waals surface area contributed by atoms with Gasteiger partial charge in [-0.05, 0) is 69.7 Å². The van der Waals surface area contributed by atoms with E-state index in [4.69, 9.17) is 0 Å². The second-order valence-corrected chi connectivity index (χ2v) is 12.7. The Morgan fingerprint density at radius 3 is 2.20 bits per heavy atom. The van der Waals surface area contributed by atoms with Gasteiger partial charge in [0, 0.05) is 12.0 Å². The molecule has 0 aromatic heterocycles. The van der Waals surface area contributed by atoms with Crippen molar-refractivity contribution < 1.29 is 49.8 Å². The monoisotopic (exact) mass is 608 g/mol. The van der Waals surface area contributed by atoms with Crippen LogP contribution in [0.2, 0.25) is 0 Å². The van der Waals surface area contributed by atoms with E-state index in [9.17, 15) is 49.8 Å². The molecule has 1 aliphatic heterocycles. The molecule has 2 aromatic rings. The Hall–Kier alpha value is -2.84. The van der Waals surface area contributed by atoms with E-state index < -0.39 is 57.1 Å². The van der Waals surface area contributed by atoms with E-state index in [0.717, 1.165) is 15.9 Å². The van der Waals surface area contributed by atoms with Crippen LogP contribution < -0.4 is 9.62 Å². The predicted molar refractivity (Wildman–Crippen MR) is 136 cm³/mol. The number of aryl methyl sites for hydroxylation is 2. The number of benzene rings is 2. The van der Waals surface area contributed by atoms with Crippen LogP contribution in [0.25, 0.3) is 0 Å². The number of sulfonamides is 1. The standard InChI is InChI=1S/C27H30F6N2O5S/c1-16-5-10-20(11-6-16)41(39,40)35-19(15-23(36)34-22-4-3-13-24(22,2)37)9-7-17-14-18(8-12-21(17)35)25(38,26(28,29)30)27(31,32)33/h5-6,8,10-12,14,19,22,37-38H,3-4,7,9,13,15H2,1-2H3,(H,34,36)/t19-,22+,24+/m0/s1. The molecule has 0 saturated heterocycles. The highest BCUT2D eigenvalue weighted by molar-refractivity contribution is 7.92. The van der Waals surface area contributed by atoms with Gasteiger partial charge in [0.1, 0.15) is 0 Å². The summed E-state index contributed by atoms with van der Waals surface area (Å²) in [5, 5.41) is 23.1. The Morgan fingerprint density at radius 1 is 1.05 bits per heavy atom. The summed E-state index contributed by atoms with van der Waals surface area (Å²) in [6, 6.07) is 5.79. The maximum absolute atomic E-state index is 13.8. The molecule has 1 fully saturated rings. The van der Waals surface area contributed by atoms with Gasteiger partial charge in [-0.25, -0.2) is 8.42 Å². The van der Waals surface area contributed by atoms with Crippen molar-refractivity contribution in [2.75, 3.05) is 4.31 Å². The van der Waals surface area contributed by atoms with Crippen molar-refractivity contribution in [2.24, 2.45) is 0 Å². The van der Waals surface area contributed by atoms with Gasteiger partial charge in [0.15, 0.2) is 0 Å². The molecule has 14 heteroatoms. The zero-order valence-corrected chi connectivity index (χ0v) is 23.0. The zero-order chi connectivity index (χ0) is 30.6. The van der Waals surface area contributed by atoms with Crippen molar-refractivity contribution in [3.05, 3.63) is 59.2 Å². The van der Waals surface area contributed by atoms with Crippen LogP contribution in [0.15, 0.2) is 47.4 Å². The normalized spacial score (nSPS) is 23.8. The summed E-state index contributed by atoms with van der Waals surface area (Å²) >= 11 is 0. The number of carbonyl (C=O) groups is 1.